The zero-order valence-corrected chi connectivity index (χ0v) is 12.1. The Bertz CT molecular complexity index is 400. The molecular formula is C15H25N3O. The minimum absolute atomic E-state index is 0.810. The van der Waals surface area contributed by atoms with E-state index in [0.29, 0.717) is 0 Å². The van der Waals surface area contributed by atoms with Crippen LogP contribution in [-0.4, -0.2) is 50.8 Å². The molecule has 106 valence electrons. The first-order valence-corrected chi connectivity index (χ1v) is 7.12. The summed E-state index contributed by atoms with van der Waals surface area (Å²) >= 11 is 0. The molecule has 0 radical (unpaired) electrons. The predicted molar refractivity (Wildman–Crippen MR) is 80.7 cm³/mol. The van der Waals surface area contributed by atoms with Crippen molar-refractivity contribution in [2.24, 2.45) is 0 Å². The quantitative estimate of drug-likeness (QED) is 0.649. The smallest absolute Gasteiger partial charge is 0.0593 e. The van der Waals surface area contributed by atoms with Crippen LogP contribution in [0, 0.1) is 6.92 Å². The molecule has 19 heavy (non-hydrogen) atoms. The molecule has 1 aliphatic heterocycles. The Morgan fingerprint density at radius 1 is 1.21 bits per heavy atom. The number of hydrogen-bond donors (Lipinski definition) is 1. The fourth-order valence-corrected chi connectivity index (χ4v) is 2.58. The van der Waals surface area contributed by atoms with Gasteiger partial charge in [-0.25, -0.2) is 0 Å². The molecule has 2 N–H and O–H groups in total. The van der Waals surface area contributed by atoms with Gasteiger partial charge in [0.1, 0.15) is 0 Å². The van der Waals surface area contributed by atoms with Crippen LogP contribution < -0.4 is 10.6 Å². The summed E-state index contributed by atoms with van der Waals surface area (Å²) in [6, 6.07) is 6.18. The van der Waals surface area contributed by atoms with E-state index in [0.717, 1.165) is 51.6 Å². The monoisotopic (exact) mass is 263 g/mol. The third kappa shape index (κ3) is 3.85. The summed E-state index contributed by atoms with van der Waals surface area (Å²) in [5.41, 5.74) is 9.24. The predicted octanol–water partition coefficient (Wildman–Crippen LogP) is 1.74. The molecule has 0 aromatic heterocycles. The third-order valence-electron chi connectivity index (χ3n) is 3.69. The lowest BCUT2D eigenvalue weighted by molar-refractivity contribution is 0.111. The van der Waals surface area contributed by atoms with Crippen LogP contribution >= 0.6 is 0 Å². The third-order valence-corrected chi connectivity index (χ3v) is 3.69. The second-order valence-corrected chi connectivity index (χ2v) is 5.07. The van der Waals surface area contributed by atoms with Crippen LogP contribution in [-0.2, 0) is 4.74 Å². The molecule has 1 heterocycles. The van der Waals surface area contributed by atoms with Crippen molar-refractivity contribution in [2.45, 2.75) is 13.8 Å². The van der Waals surface area contributed by atoms with Crippen LogP contribution in [0.25, 0.3) is 0 Å². The number of benzene rings is 1. The number of hydrogen-bond acceptors (Lipinski definition) is 4. The Morgan fingerprint density at radius 2 is 1.95 bits per heavy atom. The zero-order valence-electron chi connectivity index (χ0n) is 12.1. The number of aryl methyl sites for hydroxylation is 1. The molecule has 0 bridgehead atoms. The van der Waals surface area contributed by atoms with Gasteiger partial charge in [-0.1, -0.05) is 0 Å². The minimum atomic E-state index is 0.810. The Kier molecular flexibility index (Phi) is 5.05. The molecule has 0 unspecified atom stereocenters. The summed E-state index contributed by atoms with van der Waals surface area (Å²) in [6.07, 6.45) is 0. The van der Waals surface area contributed by atoms with Crippen LogP contribution in [0.15, 0.2) is 18.2 Å². The largest absolute Gasteiger partial charge is 0.399 e. The Morgan fingerprint density at radius 3 is 2.58 bits per heavy atom. The molecule has 4 nitrogen and oxygen atoms in total. The second kappa shape index (κ2) is 6.78. The normalized spacial score (nSPS) is 16.8. The molecule has 1 aliphatic rings. The summed E-state index contributed by atoms with van der Waals surface area (Å²) in [5, 5.41) is 0. The first kappa shape index (κ1) is 14.2. The molecule has 1 aromatic carbocycles. The van der Waals surface area contributed by atoms with E-state index in [1.54, 1.807) is 0 Å². The van der Waals surface area contributed by atoms with Gasteiger partial charge in [0, 0.05) is 50.7 Å². The minimum Gasteiger partial charge on any atom is -0.399 e. The lowest BCUT2D eigenvalue weighted by Crippen LogP contribution is -2.47. The van der Waals surface area contributed by atoms with Gasteiger partial charge < -0.3 is 15.4 Å². The van der Waals surface area contributed by atoms with Crippen LogP contribution in [0.4, 0.5) is 11.4 Å². The van der Waals surface area contributed by atoms with Crippen molar-refractivity contribution in [1.82, 2.24) is 4.90 Å². The van der Waals surface area contributed by atoms with Crippen molar-refractivity contribution in [3.8, 4) is 0 Å². The van der Waals surface area contributed by atoms with Crippen LogP contribution in [0.5, 0.6) is 0 Å². The Hall–Kier alpha value is -1.26. The molecule has 0 spiro atoms. The van der Waals surface area contributed by atoms with Gasteiger partial charge in [0.25, 0.3) is 0 Å². The Labute approximate surface area is 116 Å². The molecule has 1 fully saturated rings. The van der Waals surface area contributed by atoms with Crippen LogP contribution in [0.2, 0.25) is 0 Å². The van der Waals surface area contributed by atoms with Gasteiger partial charge >= 0.3 is 0 Å². The number of rotatable bonds is 5. The molecule has 1 aromatic rings. The van der Waals surface area contributed by atoms with Crippen molar-refractivity contribution in [3.05, 3.63) is 23.8 Å². The average molecular weight is 263 g/mol. The van der Waals surface area contributed by atoms with E-state index in [9.17, 15) is 0 Å². The van der Waals surface area contributed by atoms with Gasteiger partial charge in [0.2, 0.25) is 0 Å². The SMILES string of the molecule is CCOCCN1CCN(c2ccc(N)cc2C)CC1. The topological polar surface area (TPSA) is 41.7 Å². The lowest BCUT2D eigenvalue weighted by atomic mass is 10.1. The van der Waals surface area contributed by atoms with Crippen molar-refractivity contribution in [1.29, 1.82) is 0 Å². The fraction of sp³-hybridized carbons (Fsp3) is 0.600. The molecule has 1 saturated heterocycles. The number of nitrogen functional groups attached to an aromatic ring is 1. The maximum Gasteiger partial charge on any atom is 0.0593 e. The summed E-state index contributed by atoms with van der Waals surface area (Å²) < 4.78 is 5.41. The summed E-state index contributed by atoms with van der Waals surface area (Å²) in [7, 11) is 0. The van der Waals surface area contributed by atoms with Gasteiger partial charge in [-0.15, -0.1) is 0 Å². The van der Waals surface area contributed by atoms with Gasteiger partial charge in [-0.2, -0.15) is 0 Å². The van der Waals surface area contributed by atoms with Crippen molar-refractivity contribution in [3.63, 3.8) is 0 Å². The standard InChI is InChI=1S/C15H25N3O/c1-3-19-11-10-17-6-8-18(9-7-17)15-5-4-14(16)12-13(15)2/h4-5,12H,3,6-11,16H2,1-2H3. The average Bonchev–Trinajstić information content (AvgIpc) is 2.40. The zero-order chi connectivity index (χ0) is 13.7. The molecular weight excluding hydrogens is 238 g/mol. The van der Waals surface area contributed by atoms with Crippen LogP contribution in [0.3, 0.4) is 0 Å². The maximum atomic E-state index is 5.81. The highest BCUT2D eigenvalue weighted by molar-refractivity contribution is 5.59. The van der Waals surface area contributed by atoms with E-state index in [2.05, 4.69) is 28.9 Å². The Balaban J connectivity index is 1.85. The number of nitrogens with two attached hydrogens (primary N) is 1. The first-order chi connectivity index (χ1) is 9.20. The van der Waals surface area contributed by atoms with Crippen molar-refractivity contribution < 1.29 is 4.74 Å². The van der Waals surface area contributed by atoms with Gasteiger partial charge in [0.15, 0.2) is 0 Å². The molecule has 0 atom stereocenters. The van der Waals surface area contributed by atoms with E-state index >= 15 is 0 Å². The van der Waals surface area contributed by atoms with Crippen molar-refractivity contribution in [2.75, 3.05) is 56.6 Å². The number of piperazine rings is 1. The van der Waals surface area contributed by atoms with E-state index in [4.69, 9.17) is 10.5 Å². The first-order valence-electron chi connectivity index (χ1n) is 7.12. The van der Waals surface area contributed by atoms with Gasteiger partial charge in [-0.05, 0) is 37.6 Å². The van der Waals surface area contributed by atoms with E-state index in [1.807, 2.05) is 13.0 Å². The highest BCUT2D eigenvalue weighted by Gasteiger charge is 2.17. The maximum absolute atomic E-state index is 5.81. The van der Waals surface area contributed by atoms with Gasteiger partial charge in [0.05, 0.1) is 6.61 Å². The number of ether oxygens (including phenoxy) is 1. The van der Waals surface area contributed by atoms with Crippen LogP contribution in [0.1, 0.15) is 12.5 Å². The summed E-state index contributed by atoms with van der Waals surface area (Å²) in [4.78, 5) is 4.92. The molecule has 2 rings (SSSR count). The van der Waals surface area contributed by atoms with Gasteiger partial charge in [-0.3, -0.25) is 4.90 Å². The van der Waals surface area contributed by atoms with E-state index < -0.39 is 0 Å². The number of nitrogens with zero attached hydrogens (tertiary/aromatic N) is 2. The van der Waals surface area contributed by atoms with E-state index in [1.165, 1.54) is 11.3 Å². The van der Waals surface area contributed by atoms with Crippen molar-refractivity contribution >= 4 is 11.4 Å². The second-order valence-electron chi connectivity index (χ2n) is 5.07. The number of anilines is 2. The molecule has 0 amide bonds. The molecule has 4 heteroatoms. The van der Waals surface area contributed by atoms with E-state index in [-0.39, 0.29) is 0 Å². The summed E-state index contributed by atoms with van der Waals surface area (Å²) in [5.74, 6) is 0. The molecule has 0 saturated carbocycles. The molecule has 0 aliphatic carbocycles. The highest BCUT2D eigenvalue weighted by Crippen LogP contribution is 2.23. The lowest BCUT2D eigenvalue weighted by Gasteiger charge is -2.36. The highest BCUT2D eigenvalue weighted by atomic mass is 16.5. The summed E-state index contributed by atoms with van der Waals surface area (Å²) in [6.45, 7) is 11.3. The fourth-order valence-electron chi connectivity index (χ4n) is 2.58.